The van der Waals surface area contributed by atoms with E-state index in [4.69, 9.17) is 9.97 Å². The fourth-order valence-electron chi connectivity index (χ4n) is 8.02. The van der Waals surface area contributed by atoms with Gasteiger partial charge in [-0.05, 0) is 82.2 Å². The largest absolute Gasteiger partial charge is 0.309 e. The predicted molar refractivity (Wildman–Crippen MR) is 209 cm³/mol. The Hall–Kier alpha value is -6.78. The molecule has 0 unspecified atom stereocenters. The Kier molecular flexibility index (Phi) is 5.63. The van der Waals surface area contributed by atoms with Gasteiger partial charge in [0.15, 0.2) is 5.82 Å². The molecule has 4 heteroatoms. The van der Waals surface area contributed by atoms with Gasteiger partial charge in [-0.1, -0.05) is 109 Å². The van der Waals surface area contributed by atoms with Crippen LogP contribution in [0.2, 0.25) is 0 Å². The van der Waals surface area contributed by atoms with Crippen molar-refractivity contribution in [1.29, 1.82) is 0 Å². The van der Waals surface area contributed by atoms with Crippen LogP contribution in [0.25, 0.3) is 99.0 Å². The summed E-state index contributed by atoms with van der Waals surface area (Å²) in [7, 11) is 0. The Morgan fingerprint density at radius 1 is 0.360 bits per heavy atom. The topological polar surface area (TPSA) is 35.6 Å². The van der Waals surface area contributed by atoms with Crippen LogP contribution in [-0.2, 0) is 0 Å². The van der Waals surface area contributed by atoms with Gasteiger partial charge in [0.05, 0.1) is 33.1 Å². The minimum absolute atomic E-state index is 0.821. The molecule has 0 saturated heterocycles. The number of para-hydroxylation sites is 4. The first-order valence-electron chi connectivity index (χ1n) is 17.0. The number of nitrogens with zero attached hydrogens (tertiary/aromatic N) is 4. The van der Waals surface area contributed by atoms with Crippen LogP contribution in [0.5, 0.6) is 0 Å². The Balaban J connectivity index is 1.27. The highest BCUT2D eigenvalue weighted by molar-refractivity contribution is 6.22. The SMILES string of the molecule is c1ccc(-n2c3ccc(-c4nc5ccccc5nc4-n4c5ccccc5c5cc6ccccc6cc54)cc3c3c4ccccc4ccc32)cc1. The summed E-state index contributed by atoms with van der Waals surface area (Å²) in [4.78, 5) is 10.8. The van der Waals surface area contributed by atoms with E-state index >= 15 is 0 Å². The number of hydrogen-bond acceptors (Lipinski definition) is 2. The molecule has 232 valence electrons. The van der Waals surface area contributed by atoms with Crippen molar-refractivity contribution in [2.75, 3.05) is 0 Å². The van der Waals surface area contributed by atoms with Crippen molar-refractivity contribution in [2.45, 2.75) is 0 Å². The standard InChI is InChI=1S/C46H28N4/c1-2-15-33(16-3-1)49-41-24-23-32(27-37(41)44-34-17-7-6-12-29(34)22-25-42(44)49)45-46(48-39-20-10-9-19-38(39)47-45)50-40-21-11-8-18-35(40)36-26-30-13-4-5-14-31(30)28-43(36)50/h1-28H. The Morgan fingerprint density at radius 2 is 1.00 bits per heavy atom. The van der Waals surface area contributed by atoms with Crippen LogP contribution < -0.4 is 0 Å². The number of fused-ring (bicyclic) bond motifs is 10. The second kappa shape index (κ2) is 10.4. The van der Waals surface area contributed by atoms with Gasteiger partial charge in [0.2, 0.25) is 0 Å². The Bertz CT molecular complexity index is 3150. The lowest BCUT2D eigenvalue weighted by atomic mass is 10.0. The zero-order valence-electron chi connectivity index (χ0n) is 27.0. The average Bonchev–Trinajstić information content (AvgIpc) is 3.69. The smallest absolute Gasteiger partial charge is 0.165 e. The third-order valence-electron chi connectivity index (χ3n) is 10.2. The molecular weight excluding hydrogens is 609 g/mol. The lowest BCUT2D eigenvalue weighted by Gasteiger charge is -2.14. The molecule has 0 aliphatic carbocycles. The molecule has 0 bridgehead atoms. The fraction of sp³-hybridized carbons (Fsp3) is 0. The number of hydrogen-bond donors (Lipinski definition) is 0. The van der Waals surface area contributed by atoms with Crippen molar-refractivity contribution in [1.82, 2.24) is 19.1 Å². The van der Waals surface area contributed by atoms with E-state index < -0.39 is 0 Å². The summed E-state index contributed by atoms with van der Waals surface area (Å²) in [6.07, 6.45) is 0. The van der Waals surface area contributed by atoms with Crippen molar-refractivity contribution in [2.24, 2.45) is 0 Å². The maximum atomic E-state index is 5.41. The maximum Gasteiger partial charge on any atom is 0.165 e. The van der Waals surface area contributed by atoms with E-state index in [2.05, 4.69) is 167 Å². The molecule has 0 aliphatic heterocycles. The fourth-order valence-corrected chi connectivity index (χ4v) is 8.02. The molecule has 4 nitrogen and oxygen atoms in total. The van der Waals surface area contributed by atoms with E-state index in [1.54, 1.807) is 0 Å². The highest BCUT2D eigenvalue weighted by atomic mass is 15.1. The zero-order valence-corrected chi connectivity index (χ0v) is 27.0. The molecular formula is C46H28N4. The van der Waals surface area contributed by atoms with Crippen LogP contribution in [0.1, 0.15) is 0 Å². The van der Waals surface area contributed by atoms with Gasteiger partial charge in [0, 0.05) is 32.8 Å². The molecule has 0 N–H and O–H groups in total. The van der Waals surface area contributed by atoms with Crippen molar-refractivity contribution < 1.29 is 0 Å². The number of rotatable bonds is 3. The lowest BCUT2D eigenvalue weighted by molar-refractivity contribution is 1.08. The summed E-state index contributed by atoms with van der Waals surface area (Å²) in [5.41, 5.74) is 9.31. The van der Waals surface area contributed by atoms with Gasteiger partial charge in [0.1, 0.15) is 5.69 Å². The summed E-state index contributed by atoms with van der Waals surface area (Å²) < 4.78 is 4.70. The van der Waals surface area contributed by atoms with Gasteiger partial charge in [0.25, 0.3) is 0 Å². The summed E-state index contributed by atoms with van der Waals surface area (Å²) in [6, 6.07) is 60.7. The zero-order chi connectivity index (χ0) is 32.8. The van der Waals surface area contributed by atoms with Gasteiger partial charge in [-0.2, -0.15) is 0 Å². The van der Waals surface area contributed by atoms with E-state index in [0.717, 1.165) is 50.3 Å². The molecule has 0 saturated carbocycles. The van der Waals surface area contributed by atoms with Crippen LogP contribution in [0.15, 0.2) is 170 Å². The Labute approximate surface area is 287 Å². The monoisotopic (exact) mass is 636 g/mol. The highest BCUT2D eigenvalue weighted by Gasteiger charge is 2.22. The minimum Gasteiger partial charge on any atom is -0.309 e. The van der Waals surface area contributed by atoms with Crippen molar-refractivity contribution in [3.8, 4) is 22.8 Å². The first kappa shape index (κ1) is 27.2. The Morgan fingerprint density at radius 3 is 1.84 bits per heavy atom. The van der Waals surface area contributed by atoms with Gasteiger partial charge >= 0.3 is 0 Å². The van der Waals surface area contributed by atoms with Crippen LogP contribution in [0.4, 0.5) is 0 Å². The van der Waals surface area contributed by atoms with Crippen molar-refractivity contribution >= 4 is 76.2 Å². The molecule has 8 aromatic carbocycles. The van der Waals surface area contributed by atoms with E-state index in [0.29, 0.717) is 0 Å². The van der Waals surface area contributed by atoms with Crippen LogP contribution in [0.3, 0.4) is 0 Å². The lowest BCUT2D eigenvalue weighted by Crippen LogP contribution is -2.03. The molecule has 3 heterocycles. The van der Waals surface area contributed by atoms with E-state index in [1.165, 1.54) is 48.6 Å². The normalized spacial score (nSPS) is 12.0. The molecule has 50 heavy (non-hydrogen) atoms. The molecule has 0 atom stereocenters. The minimum atomic E-state index is 0.821. The first-order valence-corrected chi connectivity index (χ1v) is 17.0. The predicted octanol–water partition coefficient (Wildman–Crippen LogP) is 11.8. The molecule has 11 aromatic rings. The molecule has 3 aromatic heterocycles. The summed E-state index contributed by atoms with van der Waals surface area (Å²) in [6.45, 7) is 0. The molecule has 0 amide bonds. The molecule has 0 spiro atoms. The molecule has 0 radical (unpaired) electrons. The van der Waals surface area contributed by atoms with E-state index in [1.807, 2.05) is 12.1 Å². The third-order valence-corrected chi connectivity index (χ3v) is 10.2. The number of aromatic nitrogens is 4. The van der Waals surface area contributed by atoms with Gasteiger partial charge in [-0.15, -0.1) is 0 Å². The van der Waals surface area contributed by atoms with Crippen molar-refractivity contribution in [3.63, 3.8) is 0 Å². The summed E-state index contributed by atoms with van der Waals surface area (Å²) in [5, 5.41) is 9.70. The second-order valence-electron chi connectivity index (χ2n) is 13.0. The van der Waals surface area contributed by atoms with E-state index in [-0.39, 0.29) is 0 Å². The van der Waals surface area contributed by atoms with Crippen LogP contribution >= 0.6 is 0 Å². The van der Waals surface area contributed by atoms with Gasteiger partial charge in [-0.25, -0.2) is 9.97 Å². The molecule has 0 fully saturated rings. The summed E-state index contributed by atoms with van der Waals surface area (Å²) in [5.74, 6) is 0.821. The van der Waals surface area contributed by atoms with Crippen LogP contribution in [-0.4, -0.2) is 19.1 Å². The summed E-state index contributed by atoms with van der Waals surface area (Å²) >= 11 is 0. The number of benzene rings is 8. The molecule has 11 rings (SSSR count). The van der Waals surface area contributed by atoms with Crippen LogP contribution in [0, 0.1) is 0 Å². The van der Waals surface area contributed by atoms with Crippen molar-refractivity contribution in [3.05, 3.63) is 170 Å². The van der Waals surface area contributed by atoms with Gasteiger partial charge < -0.3 is 4.57 Å². The third kappa shape index (κ3) is 3.87. The highest BCUT2D eigenvalue weighted by Crippen LogP contribution is 2.41. The second-order valence-corrected chi connectivity index (χ2v) is 13.0. The first-order chi connectivity index (χ1) is 24.8. The molecule has 0 aliphatic rings. The van der Waals surface area contributed by atoms with E-state index in [9.17, 15) is 0 Å². The quantitative estimate of drug-likeness (QED) is 0.193. The average molecular weight is 637 g/mol. The van der Waals surface area contributed by atoms with Gasteiger partial charge in [-0.3, -0.25) is 4.57 Å². The maximum absolute atomic E-state index is 5.41.